The highest BCUT2D eigenvalue weighted by atomic mass is 32.1. The van der Waals surface area contributed by atoms with Gasteiger partial charge < -0.3 is 10.2 Å². The molecule has 1 aromatic heterocycles. The molecule has 1 N–H and O–H groups in total. The van der Waals surface area contributed by atoms with Gasteiger partial charge in [0.1, 0.15) is 0 Å². The number of carbonyl (C=O) groups excluding carboxylic acids is 2. The van der Waals surface area contributed by atoms with Crippen LogP contribution in [-0.2, 0) is 11.3 Å². The zero-order valence-electron chi connectivity index (χ0n) is 16.9. The van der Waals surface area contributed by atoms with Gasteiger partial charge in [-0.2, -0.15) is 0 Å². The number of benzene rings is 1. The van der Waals surface area contributed by atoms with Crippen LogP contribution in [0.15, 0.2) is 29.6 Å². The summed E-state index contributed by atoms with van der Waals surface area (Å²) in [6, 6.07) is 7.30. The van der Waals surface area contributed by atoms with Crippen molar-refractivity contribution in [3.8, 4) is 0 Å². The second kappa shape index (κ2) is 9.05. The van der Waals surface area contributed by atoms with E-state index in [0.717, 1.165) is 74.8 Å². The van der Waals surface area contributed by atoms with E-state index in [2.05, 4.69) is 20.6 Å². The molecule has 1 aromatic carbocycles. The van der Waals surface area contributed by atoms with Crippen molar-refractivity contribution >= 4 is 28.8 Å². The van der Waals surface area contributed by atoms with E-state index in [-0.39, 0.29) is 17.7 Å². The highest BCUT2D eigenvalue weighted by molar-refractivity contribution is 7.09. The van der Waals surface area contributed by atoms with Crippen LogP contribution in [0.4, 0.5) is 5.69 Å². The van der Waals surface area contributed by atoms with Crippen LogP contribution in [0.2, 0.25) is 0 Å². The number of likely N-dealkylation sites (tertiary alicyclic amines) is 2. The Bertz CT molecular complexity index is 850. The third-order valence-electron chi connectivity index (χ3n) is 5.80. The average Bonchev–Trinajstić information content (AvgIpc) is 3.41. The first-order chi connectivity index (χ1) is 14.1. The Morgan fingerprint density at radius 2 is 1.79 bits per heavy atom. The molecule has 2 aromatic rings. The number of hydrogen-bond donors (Lipinski definition) is 1. The van der Waals surface area contributed by atoms with Crippen molar-refractivity contribution in [2.45, 2.75) is 39.2 Å². The van der Waals surface area contributed by atoms with Crippen LogP contribution < -0.4 is 5.32 Å². The molecule has 0 unspecified atom stereocenters. The molecule has 2 aliphatic rings. The highest BCUT2D eigenvalue weighted by Crippen LogP contribution is 2.22. The van der Waals surface area contributed by atoms with E-state index in [1.165, 1.54) is 0 Å². The van der Waals surface area contributed by atoms with Gasteiger partial charge in [0.25, 0.3) is 5.91 Å². The zero-order valence-corrected chi connectivity index (χ0v) is 17.7. The minimum absolute atomic E-state index is 0.0364. The Morgan fingerprint density at radius 1 is 1.10 bits per heavy atom. The molecule has 3 heterocycles. The second-order valence-corrected chi connectivity index (χ2v) is 9.04. The summed E-state index contributed by atoms with van der Waals surface area (Å²) in [5.74, 6) is 0.199. The number of nitrogens with zero attached hydrogens (tertiary/aromatic N) is 3. The van der Waals surface area contributed by atoms with Crippen molar-refractivity contribution in [1.29, 1.82) is 0 Å². The number of piperidine rings is 1. The van der Waals surface area contributed by atoms with E-state index < -0.39 is 0 Å². The van der Waals surface area contributed by atoms with Gasteiger partial charge in [-0.15, -0.1) is 11.3 Å². The fourth-order valence-corrected chi connectivity index (χ4v) is 4.71. The number of nitrogens with one attached hydrogen (secondary N) is 1. The number of carbonyl (C=O) groups is 2. The Hall–Kier alpha value is -2.25. The van der Waals surface area contributed by atoms with Gasteiger partial charge in [0.05, 0.1) is 10.7 Å². The molecule has 2 fully saturated rings. The van der Waals surface area contributed by atoms with Gasteiger partial charge in [-0.1, -0.05) is 0 Å². The van der Waals surface area contributed by atoms with E-state index in [1.807, 2.05) is 36.1 Å². The lowest BCUT2D eigenvalue weighted by Crippen LogP contribution is -2.37. The molecule has 0 saturated carbocycles. The van der Waals surface area contributed by atoms with Gasteiger partial charge in [0.15, 0.2) is 0 Å². The molecule has 0 atom stereocenters. The molecular weight excluding hydrogens is 384 g/mol. The average molecular weight is 413 g/mol. The molecule has 7 heteroatoms. The standard InChI is InChI=1S/C22H28N4O2S/c1-16-23-20(15-29-16)14-25-12-8-17(9-13-25)21(27)24-19-6-4-18(5-7-19)22(28)26-10-2-3-11-26/h4-7,15,17H,2-3,8-14H2,1H3,(H,24,27). The molecule has 29 heavy (non-hydrogen) atoms. The summed E-state index contributed by atoms with van der Waals surface area (Å²) < 4.78 is 0. The van der Waals surface area contributed by atoms with Crippen LogP contribution in [0.1, 0.15) is 46.7 Å². The monoisotopic (exact) mass is 412 g/mol. The quantitative estimate of drug-likeness (QED) is 0.816. The maximum atomic E-state index is 12.6. The Morgan fingerprint density at radius 3 is 2.41 bits per heavy atom. The number of thiazole rings is 1. The fourth-order valence-electron chi connectivity index (χ4n) is 4.11. The molecule has 2 amide bonds. The summed E-state index contributed by atoms with van der Waals surface area (Å²) in [6.07, 6.45) is 3.89. The fraction of sp³-hybridized carbons (Fsp3) is 0.500. The number of rotatable bonds is 5. The first kappa shape index (κ1) is 20.0. The van der Waals surface area contributed by atoms with Crippen molar-refractivity contribution in [1.82, 2.24) is 14.8 Å². The largest absolute Gasteiger partial charge is 0.339 e. The molecular formula is C22H28N4O2S. The Labute approximate surface area is 175 Å². The predicted octanol–water partition coefficient (Wildman–Crippen LogP) is 3.54. The number of aromatic nitrogens is 1. The van der Waals surface area contributed by atoms with Crippen molar-refractivity contribution in [3.05, 3.63) is 45.9 Å². The van der Waals surface area contributed by atoms with Crippen LogP contribution in [0.3, 0.4) is 0 Å². The number of hydrogen-bond acceptors (Lipinski definition) is 5. The van der Waals surface area contributed by atoms with Gasteiger partial charge in [-0.25, -0.2) is 4.98 Å². The molecule has 2 saturated heterocycles. The van der Waals surface area contributed by atoms with Crippen molar-refractivity contribution in [2.75, 3.05) is 31.5 Å². The zero-order chi connectivity index (χ0) is 20.2. The smallest absolute Gasteiger partial charge is 0.253 e. The molecule has 4 rings (SSSR count). The maximum Gasteiger partial charge on any atom is 0.253 e. The van der Waals surface area contributed by atoms with Crippen LogP contribution in [-0.4, -0.2) is 52.8 Å². The first-order valence-electron chi connectivity index (χ1n) is 10.4. The molecule has 6 nitrogen and oxygen atoms in total. The summed E-state index contributed by atoms with van der Waals surface area (Å²) >= 11 is 1.68. The number of anilines is 1. The highest BCUT2D eigenvalue weighted by Gasteiger charge is 2.25. The molecule has 0 aliphatic carbocycles. The van der Waals surface area contributed by atoms with Crippen LogP contribution in [0, 0.1) is 12.8 Å². The van der Waals surface area contributed by atoms with E-state index in [4.69, 9.17) is 0 Å². The summed E-state index contributed by atoms with van der Waals surface area (Å²) in [5, 5.41) is 6.24. The minimum Gasteiger partial charge on any atom is -0.339 e. The molecule has 154 valence electrons. The normalized spacial score (nSPS) is 18.2. The molecule has 0 radical (unpaired) electrons. The molecule has 0 spiro atoms. The third kappa shape index (κ3) is 5.03. The van der Waals surface area contributed by atoms with Gasteiger partial charge in [0.2, 0.25) is 5.91 Å². The van der Waals surface area contributed by atoms with Crippen molar-refractivity contribution in [2.24, 2.45) is 5.92 Å². The van der Waals surface area contributed by atoms with Gasteiger partial charge in [-0.05, 0) is 70.0 Å². The van der Waals surface area contributed by atoms with E-state index >= 15 is 0 Å². The van der Waals surface area contributed by atoms with Crippen LogP contribution in [0.5, 0.6) is 0 Å². The van der Waals surface area contributed by atoms with Crippen molar-refractivity contribution < 1.29 is 9.59 Å². The van der Waals surface area contributed by atoms with E-state index in [1.54, 1.807) is 11.3 Å². The molecule has 2 aliphatic heterocycles. The lowest BCUT2D eigenvalue weighted by atomic mass is 9.95. The summed E-state index contributed by atoms with van der Waals surface area (Å²) in [5.41, 5.74) is 2.57. The summed E-state index contributed by atoms with van der Waals surface area (Å²) in [7, 11) is 0. The second-order valence-electron chi connectivity index (χ2n) is 7.97. The van der Waals surface area contributed by atoms with Crippen LogP contribution in [0.25, 0.3) is 0 Å². The minimum atomic E-state index is 0.0364. The summed E-state index contributed by atoms with van der Waals surface area (Å²) in [6.45, 7) is 6.41. The predicted molar refractivity (Wildman–Crippen MR) is 115 cm³/mol. The first-order valence-corrected chi connectivity index (χ1v) is 11.3. The lowest BCUT2D eigenvalue weighted by Gasteiger charge is -2.30. The van der Waals surface area contributed by atoms with Crippen LogP contribution >= 0.6 is 11.3 Å². The maximum absolute atomic E-state index is 12.6. The van der Waals surface area contributed by atoms with E-state index in [0.29, 0.717) is 5.56 Å². The Balaban J connectivity index is 1.25. The van der Waals surface area contributed by atoms with Gasteiger partial charge in [-0.3, -0.25) is 14.5 Å². The SMILES string of the molecule is Cc1nc(CN2CCC(C(=O)Nc3ccc(C(=O)N4CCCC4)cc3)CC2)cs1. The summed E-state index contributed by atoms with van der Waals surface area (Å²) in [4.78, 5) is 33.9. The topological polar surface area (TPSA) is 65.5 Å². The van der Waals surface area contributed by atoms with Crippen molar-refractivity contribution in [3.63, 3.8) is 0 Å². The van der Waals surface area contributed by atoms with Gasteiger partial charge in [0, 0.05) is 42.2 Å². The van der Waals surface area contributed by atoms with Gasteiger partial charge >= 0.3 is 0 Å². The Kier molecular flexibility index (Phi) is 6.25. The molecule has 0 bridgehead atoms. The number of aryl methyl sites for hydroxylation is 1. The lowest BCUT2D eigenvalue weighted by molar-refractivity contribution is -0.121. The number of amides is 2. The van der Waals surface area contributed by atoms with E-state index in [9.17, 15) is 9.59 Å². The third-order valence-corrected chi connectivity index (χ3v) is 6.63.